The monoisotopic (exact) mass is 233 g/mol. The van der Waals surface area contributed by atoms with Crippen molar-refractivity contribution in [3.8, 4) is 0 Å². The Morgan fingerprint density at radius 3 is 2.82 bits per heavy atom. The normalized spacial score (nSPS) is 16.7. The number of aryl methyl sites for hydroxylation is 1. The van der Waals surface area contributed by atoms with Crippen molar-refractivity contribution in [1.82, 2.24) is 9.88 Å². The highest BCUT2D eigenvalue weighted by Gasteiger charge is 2.16. The molecule has 1 aromatic rings. The van der Waals surface area contributed by atoms with E-state index in [2.05, 4.69) is 23.0 Å². The number of nitro groups is 1. The average Bonchev–Trinajstić information content (AvgIpc) is 2.28. The largest absolute Gasteiger partial charge is 0.302 e. The van der Waals surface area contributed by atoms with Crippen LogP contribution in [0, 0.1) is 17.0 Å². The summed E-state index contributed by atoms with van der Waals surface area (Å²) in [5.41, 5.74) is 2.55. The summed E-state index contributed by atoms with van der Waals surface area (Å²) in [6.07, 6.45) is 3.16. The van der Waals surface area contributed by atoms with Gasteiger partial charge in [0.2, 0.25) is 0 Å². The Kier molecular flexibility index (Phi) is 3.19. The molecule has 0 radical (unpaired) electrons. The maximum atomic E-state index is 10.7. The molecule has 0 saturated carbocycles. The van der Waals surface area contributed by atoms with Gasteiger partial charge in [0.25, 0.3) is 5.69 Å². The quantitative estimate of drug-likeness (QED) is 0.579. The molecular weight excluding hydrogens is 218 g/mol. The molecule has 17 heavy (non-hydrogen) atoms. The molecule has 0 aromatic carbocycles. The van der Waals surface area contributed by atoms with Crippen LogP contribution in [0.1, 0.15) is 17.8 Å². The van der Waals surface area contributed by atoms with Crippen LogP contribution >= 0.6 is 0 Å². The summed E-state index contributed by atoms with van der Waals surface area (Å²) in [4.78, 5) is 16.8. The molecule has 1 aromatic heterocycles. The molecule has 0 atom stereocenters. The number of pyridine rings is 1. The van der Waals surface area contributed by atoms with Gasteiger partial charge in [0.1, 0.15) is 5.69 Å². The fraction of sp³-hybridized carbons (Fsp3) is 0.417. The van der Waals surface area contributed by atoms with Crippen molar-refractivity contribution >= 4 is 11.3 Å². The Hall–Kier alpha value is -1.75. The summed E-state index contributed by atoms with van der Waals surface area (Å²) >= 11 is 0. The number of nitrogens with zero attached hydrogens (tertiary/aromatic N) is 3. The number of hydrogen-bond acceptors (Lipinski definition) is 4. The SMILES string of the molecule is Cc1nc(C2=CCCN(C)C2)ccc1[N+](=O)[O-]. The van der Waals surface area contributed by atoms with Crippen LogP contribution in [-0.2, 0) is 0 Å². The number of aromatic nitrogens is 1. The Labute approximate surface area is 99.9 Å². The van der Waals surface area contributed by atoms with Gasteiger partial charge < -0.3 is 4.90 Å². The summed E-state index contributed by atoms with van der Waals surface area (Å²) in [6.45, 7) is 3.58. The lowest BCUT2D eigenvalue weighted by Crippen LogP contribution is -2.25. The van der Waals surface area contributed by atoms with E-state index in [-0.39, 0.29) is 5.69 Å². The summed E-state index contributed by atoms with van der Waals surface area (Å²) in [5, 5.41) is 10.7. The van der Waals surface area contributed by atoms with Gasteiger partial charge in [-0.15, -0.1) is 0 Å². The fourth-order valence-electron chi connectivity index (χ4n) is 2.00. The lowest BCUT2D eigenvalue weighted by Gasteiger charge is -2.22. The maximum absolute atomic E-state index is 10.7. The second kappa shape index (κ2) is 4.63. The average molecular weight is 233 g/mol. The zero-order valence-electron chi connectivity index (χ0n) is 10.0. The molecule has 5 nitrogen and oxygen atoms in total. The van der Waals surface area contributed by atoms with E-state index in [9.17, 15) is 10.1 Å². The minimum Gasteiger partial charge on any atom is -0.302 e. The highest BCUT2D eigenvalue weighted by atomic mass is 16.6. The van der Waals surface area contributed by atoms with E-state index in [4.69, 9.17) is 0 Å². The number of hydrogen-bond donors (Lipinski definition) is 0. The van der Waals surface area contributed by atoms with Gasteiger partial charge in [-0.25, -0.2) is 4.98 Å². The van der Waals surface area contributed by atoms with Crippen LogP contribution in [-0.4, -0.2) is 34.9 Å². The van der Waals surface area contributed by atoms with Gasteiger partial charge in [-0.05, 0) is 32.0 Å². The predicted molar refractivity (Wildman–Crippen MR) is 65.7 cm³/mol. The number of likely N-dealkylation sites (N-methyl/N-ethyl adjacent to an activating group) is 1. The lowest BCUT2D eigenvalue weighted by molar-refractivity contribution is -0.385. The Morgan fingerprint density at radius 2 is 2.24 bits per heavy atom. The number of rotatable bonds is 2. The minimum absolute atomic E-state index is 0.0820. The molecule has 90 valence electrons. The van der Waals surface area contributed by atoms with Gasteiger partial charge in [-0.1, -0.05) is 6.08 Å². The van der Waals surface area contributed by atoms with Crippen LogP contribution < -0.4 is 0 Å². The van der Waals surface area contributed by atoms with E-state index in [0.717, 1.165) is 30.8 Å². The first-order valence-electron chi connectivity index (χ1n) is 5.58. The maximum Gasteiger partial charge on any atom is 0.290 e. The first kappa shape index (κ1) is 11.7. The first-order chi connectivity index (χ1) is 8.08. The smallest absolute Gasteiger partial charge is 0.290 e. The molecule has 2 rings (SSSR count). The predicted octanol–water partition coefficient (Wildman–Crippen LogP) is 2.02. The topological polar surface area (TPSA) is 59.3 Å². The second-order valence-electron chi connectivity index (χ2n) is 4.31. The van der Waals surface area contributed by atoms with Crippen molar-refractivity contribution in [2.24, 2.45) is 0 Å². The zero-order valence-corrected chi connectivity index (χ0v) is 10.0. The van der Waals surface area contributed by atoms with E-state index in [0.29, 0.717) is 5.69 Å². The van der Waals surface area contributed by atoms with Crippen LogP contribution in [0.2, 0.25) is 0 Å². The molecule has 0 amide bonds. The third kappa shape index (κ3) is 2.50. The molecule has 0 spiro atoms. The molecular formula is C12H15N3O2. The molecule has 0 bridgehead atoms. The summed E-state index contributed by atoms with van der Waals surface area (Å²) < 4.78 is 0. The summed E-state index contributed by atoms with van der Waals surface area (Å²) in [5.74, 6) is 0. The molecule has 5 heteroatoms. The lowest BCUT2D eigenvalue weighted by atomic mass is 10.1. The molecule has 1 aliphatic rings. The third-order valence-corrected chi connectivity index (χ3v) is 2.93. The molecule has 0 aliphatic carbocycles. The van der Waals surface area contributed by atoms with Crippen molar-refractivity contribution in [2.75, 3.05) is 20.1 Å². The van der Waals surface area contributed by atoms with Gasteiger partial charge in [0, 0.05) is 19.2 Å². The second-order valence-corrected chi connectivity index (χ2v) is 4.31. The van der Waals surface area contributed by atoms with Crippen molar-refractivity contribution in [2.45, 2.75) is 13.3 Å². The van der Waals surface area contributed by atoms with Gasteiger partial charge in [-0.2, -0.15) is 0 Å². The van der Waals surface area contributed by atoms with Crippen molar-refractivity contribution in [1.29, 1.82) is 0 Å². The van der Waals surface area contributed by atoms with Crippen LogP contribution in [0.3, 0.4) is 0 Å². The molecule has 0 N–H and O–H groups in total. The minimum atomic E-state index is -0.395. The molecule has 1 aliphatic heterocycles. The van der Waals surface area contributed by atoms with E-state index < -0.39 is 4.92 Å². The van der Waals surface area contributed by atoms with Crippen LogP contribution in [0.25, 0.3) is 5.57 Å². The molecule has 2 heterocycles. The highest BCUT2D eigenvalue weighted by molar-refractivity contribution is 5.65. The van der Waals surface area contributed by atoms with E-state index in [1.54, 1.807) is 13.0 Å². The van der Waals surface area contributed by atoms with E-state index in [1.165, 1.54) is 6.07 Å². The van der Waals surface area contributed by atoms with Gasteiger partial charge in [0.05, 0.1) is 10.6 Å². The summed E-state index contributed by atoms with van der Waals surface area (Å²) in [7, 11) is 2.06. The molecule has 0 unspecified atom stereocenters. The Bertz CT molecular complexity index is 483. The van der Waals surface area contributed by atoms with E-state index in [1.807, 2.05) is 0 Å². The van der Waals surface area contributed by atoms with Gasteiger partial charge in [-0.3, -0.25) is 10.1 Å². The first-order valence-corrected chi connectivity index (χ1v) is 5.58. The third-order valence-electron chi connectivity index (χ3n) is 2.93. The van der Waals surface area contributed by atoms with E-state index >= 15 is 0 Å². The standard InChI is InChI=1S/C12H15N3O2/c1-9-12(15(16)17)6-5-11(13-9)10-4-3-7-14(2)8-10/h4-6H,3,7-8H2,1-2H3. The van der Waals surface area contributed by atoms with Crippen LogP contribution in [0.5, 0.6) is 0 Å². The highest BCUT2D eigenvalue weighted by Crippen LogP contribution is 2.22. The van der Waals surface area contributed by atoms with Crippen LogP contribution in [0.15, 0.2) is 18.2 Å². The van der Waals surface area contributed by atoms with Crippen LogP contribution in [0.4, 0.5) is 5.69 Å². The fourth-order valence-corrected chi connectivity index (χ4v) is 2.00. The zero-order chi connectivity index (χ0) is 12.4. The van der Waals surface area contributed by atoms with Gasteiger partial charge in [0.15, 0.2) is 0 Å². The Balaban J connectivity index is 2.32. The van der Waals surface area contributed by atoms with Crippen molar-refractivity contribution in [3.05, 3.63) is 39.7 Å². The Morgan fingerprint density at radius 1 is 1.47 bits per heavy atom. The molecule has 0 saturated heterocycles. The summed E-state index contributed by atoms with van der Waals surface area (Å²) in [6, 6.07) is 3.27. The van der Waals surface area contributed by atoms with Crippen molar-refractivity contribution < 1.29 is 4.92 Å². The molecule has 0 fully saturated rings. The van der Waals surface area contributed by atoms with Crippen molar-refractivity contribution in [3.63, 3.8) is 0 Å². The van der Waals surface area contributed by atoms with Gasteiger partial charge >= 0.3 is 0 Å².